The van der Waals surface area contributed by atoms with Gasteiger partial charge in [-0.1, -0.05) is 6.92 Å². The van der Waals surface area contributed by atoms with Crippen LogP contribution in [-0.4, -0.2) is 18.6 Å². The topological polar surface area (TPSA) is 41.3 Å². The number of furan rings is 1. The van der Waals surface area contributed by atoms with Crippen molar-refractivity contribution in [1.82, 2.24) is 10.3 Å². The third kappa shape index (κ3) is 3.81. The van der Waals surface area contributed by atoms with Gasteiger partial charge in [-0.15, -0.1) is 11.3 Å². The fourth-order valence-corrected chi connectivity index (χ4v) is 2.71. The highest BCUT2D eigenvalue weighted by atomic mass is 32.1. The second-order valence-electron chi connectivity index (χ2n) is 4.67. The van der Waals surface area contributed by atoms with Gasteiger partial charge in [0.15, 0.2) is 5.13 Å². The summed E-state index contributed by atoms with van der Waals surface area (Å²) in [4.78, 5) is 6.79. The van der Waals surface area contributed by atoms with Crippen molar-refractivity contribution >= 4 is 16.5 Å². The number of aromatic nitrogens is 1. The fraction of sp³-hybridized carbons (Fsp3) is 0.500. The second kappa shape index (κ2) is 6.73. The van der Waals surface area contributed by atoms with Gasteiger partial charge in [-0.25, -0.2) is 4.98 Å². The van der Waals surface area contributed by atoms with Crippen LogP contribution in [0.4, 0.5) is 5.13 Å². The van der Waals surface area contributed by atoms with Gasteiger partial charge in [-0.3, -0.25) is 0 Å². The van der Waals surface area contributed by atoms with E-state index in [1.807, 2.05) is 19.2 Å². The van der Waals surface area contributed by atoms with Crippen molar-refractivity contribution in [3.05, 3.63) is 35.2 Å². The van der Waals surface area contributed by atoms with Crippen LogP contribution in [0.3, 0.4) is 0 Å². The predicted molar refractivity (Wildman–Crippen MR) is 79.6 cm³/mol. The van der Waals surface area contributed by atoms with Crippen molar-refractivity contribution in [3.63, 3.8) is 0 Å². The van der Waals surface area contributed by atoms with Crippen LogP contribution in [0.5, 0.6) is 0 Å². The smallest absolute Gasteiger partial charge is 0.185 e. The molecule has 0 spiro atoms. The summed E-state index contributed by atoms with van der Waals surface area (Å²) < 4.78 is 5.36. The molecule has 0 aromatic carbocycles. The Balaban J connectivity index is 1.96. The minimum absolute atomic E-state index is 0.307. The zero-order valence-corrected chi connectivity index (χ0v) is 12.5. The first-order valence-electron chi connectivity index (χ1n) is 6.63. The highest BCUT2D eigenvalue weighted by Gasteiger charge is 2.12. The summed E-state index contributed by atoms with van der Waals surface area (Å²) >= 11 is 1.67. The Morgan fingerprint density at radius 3 is 3.05 bits per heavy atom. The van der Waals surface area contributed by atoms with Crippen LogP contribution in [0.15, 0.2) is 28.2 Å². The number of nitrogens with one attached hydrogen (secondary N) is 1. The first-order valence-corrected chi connectivity index (χ1v) is 7.51. The van der Waals surface area contributed by atoms with E-state index in [2.05, 4.69) is 34.4 Å². The van der Waals surface area contributed by atoms with Crippen LogP contribution in [-0.2, 0) is 6.54 Å². The lowest BCUT2D eigenvalue weighted by atomic mass is 10.2. The van der Waals surface area contributed by atoms with E-state index in [1.54, 1.807) is 17.6 Å². The zero-order chi connectivity index (χ0) is 13.7. The highest BCUT2D eigenvalue weighted by molar-refractivity contribution is 7.13. The summed E-state index contributed by atoms with van der Waals surface area (Å²) in [6.07, 6.45) is 2.84. The van der Waals surface area contributed by atoms with Crippen LogP contribution in [0.25, 0.3) is 0 Å². The molecule has 1 N–H and O–H groups in total. The van der Waals surface area contributed by atoms with Gasteiger partial charge >= 0.3 is 0 Å². The molecule has 19 heavy (non-hydrogen) atoms. The summed E-state index contributed by atoms with van der Waals surface area (Å²) in [5.74, 6) is 0.955. The molecule has 5 heteroatoms. The van der Waals surface area contributed by atoms with E-state index in [-0.39, 0.29) is 0 Å². The maximum atomic E-state index is 5.36. The Morgan fingerprint density at radius 2 is 2.37 bits per heavy atom. The normalized spacial score (nSPS) is 12.6. The number of thiazole rings is 1. The average Bonchev–Trinajstić information content (AvgIpc) is 3.06. The molecule has 0 aliphatic carbocycles. The van der Waals surface area contributed by atoms with E-state index >= 15 is 0 Å². The van der Waals surface area contributed by atoms with Crippen molar-refractivity contribution in [2.24, 2.45) is 0 Å². The number of anilines is 1. The molecule has 0 aliphatic heterocycles. The maximum absolute atomic E-state index is 5.36. The van der Waals surface area contributed by atoms with Crippen LogP contribution >= 0.6 is 11.3 Å². The molecule has 0 amide bonds. The lowest BCUT2D eigenvalue weighted by Gasteiger charge is -2.14. The molecule has 104 valence electrons. The Labute approximate surface area is 118 Å². The van der Waals surface area contributed by atoms with Gasteiger partial charge in [0.05, 0.1) is 18.5 Å². The summed E-state index contributed by atoms with van der Waals surface area (Å²) in [5, 5.41) is 6.60. The van der Waals surface area contributed by atoms with E-state index in [0.29, 0.717) is 6.04 Å². The van der Waals surface area contributed by atoms with Crippen LogP contribution < -0.4 is 10.2 Å². The molecule has 0 saturated heterocycles. The molecule has 2 rings (SSSR count). The minimum Gasteiger partial charge on any atom is -0.467 e. The summed E-state index contributed by atoms with van der Waals surface area (Å²) in [6, 6.07) is 4.20. The van der Waals surface area contributed by atoms with E-state index < -0.39 is 0 Å². The lowest BCUT2D eigenvalue weighted by Crippen LogP contribution is -2.20. The predicted octanol–water partition coefficient (Wildman–Crippen LogP) is 3.43. The number of hydrogen-bond donors (Lipinski definition) is 1. The molecular formula is C14H21N3OS. The van der Waals surface area contributed by atoms with Gasteiger partial charge in [0.2, 0.25) is 0 Å². The molecule has 1 atom stereocenters. The molecular weight excluding hydrogens is 258 g/mol. The monoisotopic (exact) mass is 279 g/mol. The second-order valence-corrected chi connectivity index (χ2v) is 5.50. The fourth-order valence-electron chi connectivity index (χ4n) is 1.82. The van der Waals surface area contributed by atoms with E-state index in [1.165, 1.54) is 0 Å². The van der Waals surface area contributed by atoms with Crippen molar-refractivity contribution in [1.29, 1.82) is 0 Å². The van der Waals surface area contributed by atoms with Gasteiger partial charge in [0, 0.05) is 18.5 Å². The first kappa shape index (κ1) is 14.1. The number of hydrogen-bond acceptors (Lipinski definition) is 5. The molecule has 0 bridgehead atoms. The van der Waals surface area contributed by atoms with Crippen LogP contribution in [0.2, 0.25) is 0 Å². The third-order valence-electron chi connectivity index (χ3n) is 2.95. The van der Waals surface area contributed by atoms with Crippen LogP contribution in [0, 0.1) is 0 Å². The molecule has 2 heterocycles. The van der Waals surface area contributed by atoms with Gasteiger partial charge in [-0.05, 0) is 32.0 Å². The number of nitrogens with zero attached hydrogens (tertiary/aromatic N) is 2. The van der Waals surface area contributed by atoms with Gasteiger partial charge in [0.25, 0.3) is 0 Å². The Hall–Kier alpha value is -1.33. The molecule has 0 saturated carbocycles. The molecule has 4 nitrogen and oxygen atoms in total. The van der Waals surface area contributed by atoms with Gasteiger partial charge in [0.1, 0.15) is 5.76 Å². The minimum atomic E-state index is 0.307. The molecule has 1 unspecified atom stereocenters. The Kier molecular flexibility index (Phi) is 4.99. The van der Waals surface area contributed by atoms with Crippen molar-refractivity contribution < 1.29 is 4.42 Å². The Morgan fingerprint density at radius 1 is 1.53 bits per heavy atom. The molecule has 0 fully saturated rings. The zero-order valence-electron chi connectivity index (χ0n) is 11.7. The third-order valence-corrected chi connectivity index (χ3v) is 3.93. The Bertz CT molecular complexity index is 481. The number of rotatable bonds is 7. The average molecular weight is 279 g/mol. The standard InChI is InChI=1S/C14H21N3OS/c1-4-7-15-11(2)13-10-19-14(16-13)17(3)9-12-6-5-8-18-12/h5-6,8,10-11,15H,4,7,9H2,1-3H3. The quantitative estimate of drug-likeness (QED) is 0.843. The summed E-state index contributed by atoms with van der Waals surface area (Å²) in [7, 11) is 2.04. The van der Waals surface area contributed by atoms with Crippen molar-refractivity contribution in [2.45, 2.75) is 32.9 Å². The molecule has 2 aromatic heterocycles. The molecule has 0 radical (unpaired) electrons. The van der Waals surface area contributed by atoms with Gasteiger partial charge in [-0.2, -0.15) is 0 Å². The lowest BCUT2D eigenvalue weighted by molar-refractivity contribution is 0.507. The SMILES string of the molecule is CCCNC(C)c1csc(N(C)Cc2ccco2)n1. The summed E-state index contributed by atoms with van der Waals surface area (Å²) in [6.45, 7) is 6.09. The maximum Gasteiger partial charge on any atom is 0.185 e. The molecule has 0 aliphatic rings. The first-order chi connectivity index (χ1) is 9.20. The molecule has 2 aromatic rings. The summed E-state index contributed by atoms with van der Waals surface area (Å²) in [5.41, 5.74) is 1.11. The highest BCUT2D eigenvalue weighted by Crippen LogP contribution is 2.24. The van der Waals surface area contributed by atoms with Crippen molar-refractivity contribution in [3.8, 4) is 0 Å². The van der Waals surface area contributed by atoms with E-state index in [4.69, 9.17) is 4.42 Å². The van der Waals surface area contributed by atoms with Gasteiger partial charge < -0.3 is 14.6 Å². The van der Waals surface area contributed by atoms with E-state index in [9.17, 15) is 0 Å². The van der Waals surface area contributed by atoms with E-state index in [0.717, 1.165) is 36.1 Å². The van der Waals surface area contributed by atoms with Crippen molar-refractivity contribution in [2.75, 3.05) is 18.5 Å². The van der Waals surface area contributed by atoms with Crippen LogP contribution in [0.1, 0.15) is 37.8 Å². The largest absolute Gasteiger partial charge is 0.467 e.